The second-order valence-electron chi connectivity index (χ2n) is 2.84. The fourth-order valence-electron chi connectivity index (χ4n) is 1.11. The van der Waals surface area contributed by atoms with Crippen molar-refractivity contribution >= 4 is 51.8 Å². The van der Waals surface area contributed by atoms with Crippen molar-refractivity contribution in [3.8, 4) is 0 Å². The number of nitrogens with zero attached hydrogens (tertiary/aromatic N) is 1. The molecule has 86 valence electrons. The van der Waals surface area contributed by atoms with Gasteiger partial charge in [0.1, 0.15) is 4.32 Å². The first-order valence-corrected chi connectivity index (χ1v) is 8.33. The Kier molecular flexibility index (Phi) is 7.16. The molecule has 0 aromatic heterocycles. The summed E-state index contributed by atoms with van der Waals surface area (Å²) in [6, 6.07) is 0. The standard InChI is InChI=1S/C9H15NOS4/c1-13-7-8(14-2)15-9(12)10-3-5-11-6-4-10/h7H,3-6H2,1-2H3/b8-7+. The van der Waals surface area contributed by atoms with E-state index in [1.54, 1.807) is 35.3 Å². The normalized spacial score (nSPS) is 18.0. The molecular weight excluding hydrogens is 266 g/mol. The second kappa shape index (κ2) is 7.84. The molecule has 0 amide bonds. The van der Waals surface area contributed by atoms with Crippen molar-refractivity contribution in [1.82, 2.24) is 4.90 Å². The predicted octanol–water partition coefficient (Wildman–Crippen LogP) is 2.86. The number of morpholine rings is 1. The summed E-state index contributed by atoms with van der Waals surface area (Å²) in [7, 11) is 0. The predicted molar refractivity (Wildman–Crippen MR) is 77.7 cm³/mol. The lowest BCUT2D eigenvalue weighted by molar-refractivity contribution is 0.0702. The van der Waals surface area contributed by atoms with Crippen molar-refractivity contribution in [2.45, 2.75) is 0 Å². The molecule has 0 bridgehead atoms. The Morgan fingerprint density at radius 2 is 2.00 bits per heavy atom. The lowest BCUT2D eigenvalue weighted by Crippen LogP contribution is -2.38. The summed E-state index contributed by atoms with van der Waals surface area (Å²) in [5.41, 5.74) is 0. The molecule has 15 heavy (non-hydrogen) atoms. The molecule has 1 heterocycles. The van der Waals surface area contributed by atoms with Gasteiger partial charge in [-0.3, -0.25) is 0 Å². The van der Waals surface area contributed by atoms with Crippen LogP contribution in [0.4, 0.5) is 0 Å². The van der Waals surface area contributed by atoms with E-state index >= 15 is 0 Å². The number of rotatable bonds is 3. The first-order valence-electron chi connectivity index (χ1n) is 4.59. The summed E-state index contributed by atoms with van der Waals surface area (Å²) in [6.45, 7) is 3.43. The van der Waals surface area contributed by atoms with E-state index in [9.17, 15) is 0 Å². The minimum atomic E-state index is 0.793. The van der Waals surface area contributed by atoms with Gasteiger partial charge in [-0.1, -0.05) is 24.0 Å². The van der Waals surface area contributed by atoms with E-state index in [0.29, 0.717) is 0 Å². The Morgan fingerprint density at radius 3 is 2.53 bits per heavy atom. The summed E-state index contributed by atoms with van der Waals surface area (Å²) < 4.78 is 7.52. The molecule has 1 aliphatic rings. The van der Waals surface area contributed by atoms with Gasteiger partial charge in [-0.25, -0.2) is 0 Å². The Balaban J connectivity index is 2.42. The third-order valence-electron chi connectivity index (χ3n) is 1.87. The van der Waals surface area contributed by atoms with Crippen molar-refractivity contribution in [3.05, 3.63) is 9.65 Å². The Bertz CT molecular complexity index is 238. The van der Waals surface area contributed by atoms with Crippen LogP contribution < -0.4 is 0 Å². The van der Waals surface area contributed by atoms with Gasteiger partial charge in [0, 0.05) is 13.1 Å². The fraction of sp³-hybridized carbons (Fsp3) is 0.667. The van der Waals surface area contributed by atoms with Crippen molar-refractivity contribution in [2.24, 2.45) is 0 Å². The zero-order valence-electron chi connectivity index (χ0n) is 8.89. The van der Waals surface area contributed by atoms with Crippen LogP contribution in [0.3, 0.4) is 0 Å². The van der Waals surface area contributed by atoms with Gasteiger partial charge in [-0.05, 0) is 17.9 Å². The van der Waals surface area contributed by atoms with Crippen LogP contribution in [0, 0.1) is 0 Å². The van der Waals surface area contributed by atoms with E-state index in [1.165, 1.54) is 4.24 Å². The largest absolute Gasteiger partial charge is 0.378 e. The van der Waals surface area contributed by atoms with Crippen molar-refractivity contribution in [3.63, 3.8) is 0 Å². The van der Waals surface area contributed by atoms with Crippen LogP contribution in [0.1, 0.15) is 0 Å². The van der Waals surface area contributed by atoms with Crippen LogP contribution in [0.25, 0.3) is 0 Å². The molecule has 0 unspecified atom stereocenters. The molecule has 0 aromatic rings. The molecule has 0 saturated carbocycles. The Morgan fingerprint density at radius 1 is 1.33 bits per heavy atom. The molecule has 2 nitrogen and oxygen atoms in total. The first kappa shape index (κ1) is 13.7. The van der Waals surface area contributed by atoms with Crippen LogP contribution in [-0.4, -0.2) is 48.0 Å². The SMILES string of the molecule is CS/C=C(\SC)SC(=S)N1CCOCC1. The number of hydrogen-bond acceptors (Lipinski definition) is 5. The minimum Gasteiger partial charge on any atom is -0.378 e. The van der Waals surface area contributed by atoms with Crippen molar-refractivity contribution in [1.29, 1.82) is 0 Å². The average Bonchev–Trinajstić information content (AvgIpc) is 2.29. The van der Waals surface area contributed by atoms with E-state index in [1.807, 2.05) is 0 Å². The lowest BCUT2D eigenvalue weighted by Gasteiger charge is -2.28. The molecule has 0 radical (unpaired) electrons. The summed E-state index contributed by atoms with van der Waals surface area (Å²) in [5, 5.41) is 2.14. The Labute approximate surface area is 110 Å². The molecule has 0 atom stereocenters. The zero-order chi connectivity index (χ0) is 11.1. The number of thioether (sulfide) groups is 3. The highest BCUT2D eigenvalue weighted by molar-refractivity contribution is 8.34. The minimum absolute atomic E-state index is 0.793. The molecule has 1 fully saturated rings. The number of thiocarbonyl (C=S) groups is 1. The van der Waals surface area contributed by atoms with E-state index in [0.717, 1.165) is 30.6 Å². The average molecular weight is 281 g/mol. The molecule has 0 aromatic carbocycles. The molecular formula is C9H15NOS4. The topological polar surface area (TPSA) is 12.5 Å². The van der Waals surface area contributed by atoms with Gasteiger partial charge in [0.25, 0.3) is 0 Å². The first-order chi connectivity index (χ1) is 7.27. The monoisotopic (exact) mass is 281 g/mol. The maximum Gasteiger partial charge on any atom is 0.141 e. The molecule has 0 aliphatic carbocycles. The van der Waals surface area contributed by atoms with E-state index < -0.39 is 0 Å². The van der Waals surface area contributed by atoms with Gasteiger partial charge in [0.05, 0.1) is 17.5 Å². The van der Waals surface area contributed by atoms with Gasteiger partial charge < -0.3 is 9.64 Å². The highest BCUT2D eigenvalue weighted by atomic mass is 32.2. The molecule has 0 spiro atoms. The fourth-order valence-corrected chi connectivity index (χ4v) is 4.12. The van der Waals surface area contributed by atoms with Gasteiger partial charge in [-0.2, -0.15) is 0 Å². The van der Waals surface area contributed by atoms with Crippen LogP contribution in [0.2, 0.25) is 0 Å². The van der Waals surface area contributed by atoms with Crippen LogP contribution in [-0.2, 0) is 4.74 Å². The third-order valence-corrected chi connectivity index (χ3v) is 5.17. The quantitative estimate of drug-likeness (QED) is 0.732. The maximum absolute atomic E-state index is 5.40. The second-order valence-corrected chi connectivity index (χ2v) is 6.33. The van der Waals surface area contributed by atoms with Crippen LogP contribution in [0.5, 0.6) is 0 Å². The smallest absolute Gasteiger partial charge is 0.141 e. The van der Waals surface area contributed by atoms with E-state index in [4.69, 9.17) is 17.0 Å². The summed E-state index contributed by atoms with van der Waals surface area (Å²) >= 11 is 10.5. The zero-order valence-corrected chi connectivity index (χ0v) is 12.2. The lowest BCUT2D eigenvalue weighted by atomic mass is 10.5. The summed E-state index contributed by atoms with van der Waals surface area (Å²) in [6.07, 6.45) is 4.14. The molecule has 1 aliphatic heterocycles. The van der Waals surface area contributed by atoms with Gasteiger partial charge in [0.2, 0.25) is 0 Å². The van der Waals surface area contributed by atoms with E-state index in [-0.39, 0.29) is 0 Å². The van der Waals surface area contributed by atoms with Crippen LogP contribution >= 0.6 is 47.5 Å². The molecule has 0 N–H and O–H groups in total. The van der Waals surface area contributed by atoms with Gasteiger partial charge in [-0.15, -0.1) is 23.5 Å². The molecule has 6 heteroatoms. The summed E-state index contributed by atoms with van der Waals surface area (Å²) in [5.74, 6) is 0. The number of hydrogen-bond donors (Lipinski definition) is 0. The van der Waals surface area contributed by atoms with E-state index in [2.05, 4.69) is 22.8 Å². The highest BCUT2D eigenvalue weighted by Crippen LogP contribution is 2.30. The van der Waals surface area contributed by atoms with Crippen LogP contribution in [0.15, 0.2) is 9.65 Å². The van der Waals surface area contributed by atoms with Crippen molar-refractivity contribution in [2.75, 3.05) is 38.8 Å². The summed E-state index contributed by atoms with van der Waals surface area (Å²) in [4.78, 5) is 2.22. The van der Waals surface area contributed by atoms with Crippen molar-refractivity contribution < 1.29 is 4.74 Å². The van der Waals surface area contributed by atoms with Gasteiger partial charge >= 0.3 is 0 Å². The van der Waals surface area contributed by atoms with Gasteiger partial charge in [0.15, 0.2) is 0 Å². The number of ether oxygens (including phenoxy) is 1. The highest BCUT2D eigenvalue weighted by Gasteiger charge is 2.15. The Hall–Kier alpha value is 0.640. The third kappa shape index (κ3) is 4.99. The molecule has 1 saturated heterocycles. The molecule has 1 rings (SSSR count). The maximum atomic E-state index is 5.40.